The van der Waals surface area contributed by atoms with Crippen LogP contribution in [0.1, 0.15) is 38.8 Å². The lowest BCUT2D eigenvalue weighted by Gasteiger charge is -2.27. The van der Waals surface area contributed by atoms with Gasteiger partial charge in [0.2, 0.25) is 5.91 Å². The van der Waals surface area contributed by atoms with Crippen LogP contribution < -0.4 is 10.6 Å². The average Bonchev–Trinajstić information content (AvgIpc) is 2.40. The van der Waals surface area contributed by atoms with Gasteiger partial charge in [-0.25, -0.2) is 4.39 Å². The summed E-state index contributed by atoms with van der Waals surface area (Å²) < 4.78 is 13.8. The van der Waals surface area contributed by atoms with Crippen molar-refractivity contribution < 1.29 is 9.18 Å². The molecule has 0 saturated carbocycles. The normalized spacial score (nSPS) is 13.1. The Morgan fingerprint density at radius 3 is 2.53 bits per heavy atom. The molecule has 0 spiro atoms. The molecule has 1 amide bonds. The first-order chi connectivity index (χ1) is 8.92. The van der Waals surface area contributed by atoms with Gasteiger partial charge in [-0.3, -0.25) is 4.79 Å². The van der Waals surface area contributed by atoms with Crippen molar-refractivity contribution in [1.29, 1.82) is 0 Å². The minimum Gasteiger partial charge on any atom is -0.359 e. The third kappa shape index (κ3) is 4.03. The zero-order chi connectivity index (χ0) is 14.5. The quantitative estimate of drug-likeness (QED) is 0.831. The van der Waals surface area contributed by atoms with Crippen molar-refractivity contribution in [3.05, 3.63) is 35.6 Å². The van der Waals surface area contributed by atoms with Crippen LogP contribution in [-0.2, 0) is 4.79 Å². The highest BCUT2D eigenvalue weighted by Crippen LogP contribution is 2.22. The second-order valence-corrected chi connectivity index (χ2v) is 5.33. The Bertz CT molecular complexity index is 432. The summed E-state index contributed by atoms with van der Waals surface area (Å²) in [4.78, 5) is 11.7. The van der Waals surface area contributed by atoms with Crippen molar-refractivity contribution in [2.24, 2.45) is 5.41 Å². The SMILES string of the molecule is CCC(NCC(C)(C)C(=O)NC)c1ccccc1F. The van der Waals surface area contributed by atoms with Gasteiger partial charge in [0.1, 0.15) is 5.82 Å². The molecule has 0 aromatic heterocycles. The lowest BCUT2D eigenvalue weighted by molar-refractivity contribution is -0.128. The van der Waals surface area contributed by atoms with Crippen molar-refractivity contribution in [2.75, 3.05) is 13.6 Å². The van der Waals surface area contributed by atoms with Crippen LogP contribution in [0, 0.1) is 11.2 Å². The zero-order valence-electron chi connectivity index (χ0n) is 12.1. The molecule has 0 aliphatic carbocycles. The van der Waals surface area contributed by atoms with Crippen molar-refractivity contribution in [3.8, 4) is 0 Å². The van der Waals surface area contributed by atoms with Crippen molar-refractivity contribution in [2.45, 2.75) is 33.2 Å². The van der Waals surface area contributed by atoms with Crippen LogP contribution in [0.15, 0.2) is 24.3 Å². The maximum atomic E-state index is 13.8. The molecular formula is C15H23FN2O. The molecule has 19 heavy (non-hydrogen) atoms. The van der Waals surface area contributed by atoms with Crippen LogP contribution in [0.3, 0.4) is 0 Å². The number of halogens is 1. The summed E-state index contributed by atoms with van der Waals surface area (Å²) in [5.74, 6) is -0.233. The number of nitrogens with one attached hydrogen (secondary N) is 2. The van der Waals surface area contributed by atoms with Crippen LogP contribution in [0.4, 0.5) is 4.39 Å². The molecule has 1 rings (SSSR count). The average molecular weight is 266 g/mol. The van der Waals surface area contributed by atoms with Gasteiger partial charge in [-0.1, -0.05) is 25.1 Å². The molecule has 0 fully saturated rings. The van der Waals surface area contributed by atoms with Crippen molar-refractivity contribution in [1.82, 2.24) is 10.6 Å². The highest BCUT2D eigenvalue weighted by atomic mass is 19.1. The van der Waals surface area contributed by atoms with E-state index in [1.54, 1.807) is 19.2 Å². The smallest absolute Gasteiger partial charge is 0.226 e. The summed E-state index contributed by atoms with van der Waals surface area (Å²) in [6.45, 7) is 6.23. The molecule has 1 aromatic carbocycles. The lowest BCUT2D eigenvalue weighted by atomic mass is 9.91. The number of benzene rings is 1. The number of rotatable bonds is 6. The first-order valence-electron chi connectivity index (χ1n) is 6.62. The molecule has 1 unspecified atom stereocenters. The van der Waals surface area contributed by atoms with E-state index in [9.17, 15) is 9.18 Å². The topological polar surface area (TPSA) is 41.1 Å². The molecule has 3 nitrogen and oxygen atoms in total. The number of carbonyl (C=O) groups excluding carboxylic acids is 1. The van der Waals surface area contributed by atoms with Gasteiger partial charge in [0.15, 0.2) is 0 Å². The summed E-state index contributed by atoms with van der Waals surface area (Å²) in [6.07, 6.45) is 0.769. The molecular weight excluding hydrogens is 243 g/mol. The van der Waals surface area contributed by atoms with Crippen molar-refractivity contribution in [3.63, 3.8) is 0 Å². The Hall–Kier alpha value is -1.42. The van der Waals surface area contributed by atoms with E-state index in [0.29, 0.717) is 12.1 Å². The van der Waals surface area contributed by atoms with Crippen LogP contribution >= 0.6 is 0 Å². The van der Waals surface area contributed by atoms with E-state index < -0.39 is 5.41 Å². The maximum Gasteiger partial charge on any atom is 0.226 e. The summed E-state index contributed by atoms with van der Waals surface area (Å²) in [5, 5.41) is 5.93. The Balaban J connectivity index is 2.74. The first-order valence-corrected chi connectivity index (χ1v) is 6.62. The third-order valence-electron chi connectivity index (χ3n) is 3.32. The van der Waals surface area contributed by atoms with Crippen LogP contribution in [0.2, 0.25) is 0 Å². The van der Waals surface area contributed by atoms with Crippen molar-refractivity contribution >= 4 is 5.91 Å². The summed E-state index contributed by atoms with van der Waals surface area (Å²) >= 11 is 0. The fourth-order valence-corrected chi connectivity index (χ4v) is 2.03. The third-order valence-corrected chi connectivity index (χ3v) is 3.32. The lowest BCUT2D eigenvalue weighted by Crippen LogP contribution is -2.43. The molecule has 0 radical (unpaired) electrons. The summed E-state index contributed by atoms with van der Waals surface area (Å²) in [5.41, 5.74) is 0.130. The minimum absolute atomic E-state index is 0.0246. The molecule has 4 heteroatoms. The van der Waals surface area contributed by atoms with E-state index in [1.165, 1.54) is 6.07 Å². The molecule has 1 atom stereocenters. The molecule has 1 aromatic rings. The second-order valence-electron chi connectivity index (χ2n) is 5.33. The van der Waals surface area contributed by atoms with Gasteiger partial charge in [-0.2, -0.15) is 0 Å². The van der Waals surface area contributed by atoms with Gasteiger partial charge in [-0.15, -0.1) is 0 Å². The highest BCUT2D eigenvalue weighted by Gasteiger charge is 2.27. The maximum absolute atomic E-state index is 13.8. The fourth-order valence-electron chi connectivity index (χ4n) is 2.03. The number of amides is 1. The first kappa shape index (κ1) is 15.6. The van der Waals surface area contributed by atoms with Gasteiger partial charge < -0.3 is 10.6 Å². The summed E-state index contributed by atoms with van der Waals surface area (Å²) in [7, 11) is 1.62. The Labute approximate surface area is 114 Å². The monoisotopic (exact) mass is 266 g/mol. The van der Waals surface area contributed by atoms with Gasteiger partial charge in [-0.05, 0) is 26.3 Å². The zero-order valence-corrected chi connectivity index (χ0v) is 12.1. The summed E-state index contributed by atoms with van der Waals surface area (Å²) in [6, 6.07) is 6.67. The molecule has 2 N–H and O–H groups in total. The number of hydrogen-bond acceptors (Lipinski definition) is 2. The van der Waals surface area contributed by atoms with E-state index >= 15 is 0 Å². The number of carbonyl (C=O) groups is 1. The Morgan fingerprint density at radius 1 is 1.37 bits per heavy atom. The van der Waals surface area contributed by atoms with E-state index in [2.05, 4.69) is 10.6 Å². The van der Waals surface area contributed by atoms with E-state index in [4.69, 9.17) is 0 Å². The molecule has 106 valence electrons. The van der Waals surface area contributed by atoms with Crippen LogP contribution in [0.5, 0.6) is 0 Å². The van der Waals surface area contributed by atoms with Gasteiger partial charge in [0.25, 0.3) is 0 Å². The van der Waals surface area contributed by atoms with Gasteiger partial charge in [0, 0.05) is 25.2 Å². The molecule has 0 saturated heterocycles. The van der Waals surface area contributed by atoms with Gasteiger partial charge in [0.05, 0.1) is 5.41 Å². The minimum atomic E-state index is -0.520. The Morgan fingerprint density at radius 2 is 2.00 bits per heavy atom. The van der Waals surface area contributed by atoms with Crippen LogP contribution in [-0.4, -0.2) is 19.5 Å². The largest absolute Gasteiger partial charge is 0.359 e. The standard InChI is InChI=1S/C15H23FN2O/c1-5-13(11-8-6-7-9-12(11)16)18-10-15(2,3)14(19)17-4/h6-9,13,18H,5,10H2,1-4H3,(H,17,19). The fraction of sp³-hybridized carbons (Fsp3) is 0.533. The highest BCUT2D eigenvalue weighted by molar-refractivity contribution is 5.81. The second kappa shape index (κ2) is 6.66. The predicted octanol–water partition coefficient (Wildman–Crippen LogP) is 2.64. The molecule has 0 aliphatic heterocycles. The molecule has 0 heterocycles. The predicted molar refractivity (Wildman–Crippen MR) is 75.3 cm³/mol. The molecule has 0 aliphatic rings. The Kier molecular flexibility index (Phi) is 5.48. The number of hydrogen-bond donors (Lipinski definition) is 2. The van der Waals surface area contributed by atoms with Gasteiger partial charge >= 0.3 is 0 Å². The van der Waals surface area contributed by atoms with E-state index in [0.717, 1.165) is 6.42 Å². The van der Waals surface area contributed by atoms with E-state index in [-0.39, 0.29) is 17.8 Å². The van der Waals surface area contributed by atoms with E-state index in [1.807, 2.05) is 26.8 Å². The molecule has 0 bridgehead atoms. The van der Waals surface area contributed by atoms with Crippen LogP contribution in [0.25, 0.3) is 0 Å².